The molecule has 6 nitrogen and oxygen atoms in total. The van der Waals surface area contributed by atoms with E-state index < -0.39 is 16.6 Å². The van der Waals surface area contributed by atoms with Crippen molar-refractivity contribution in [1.82, 2.24) is 0 Å². The summed E-state index contributed by atoms with van der Waals surface area (Å²) in [5.74, 6) is 0.494. The van der Waals surface area contributed by atoms with Gasteiger partial charge in [-0.25, -0.2) is 0 Å². The normalized spacial score (nSPS) is 24.6. The molecule has 0 aliphatic heterocycles. The van der Waals surface area contributed by atoms with Crippen LogP contribution < -0.4 is 0 Å². The third-order valence-electron chi connectivity index (χ3n) is 5.94. The topological polar surface area (TPSA) is 66.4 Å². The lowest BCUT2D eigenvalue weighted by Crippen LogP contribution is -2.35. The third-order valence-corrected chi connectivity index (χ3v) is 7.96. The van der Waals surface area contributed by atoms with E-state index in [2.05, 4.69) is 51.4 Å². The first-order chi connectivity index (χ1) is 14.9. The smallest absolute Gasteiger partial charge is 0.305 e. The number of unbranched alkanes of at least 4 members (excludes halogenated alkanes) is 2. The number of carbonyl (C=O) groups is 1. The fourth-order valence-corrected chi connectivity index (χ4v) is 7.11. The summed E-state index contributed by atoms with van der Waals surface area (Å²) in [5, 5.41) is 4.33. The number of ether oxygens (including phenoxy) is 1. The number of nitrogens with zero attached hydrogens (tertiary/aromatic N) is 1. The quantitative estimate of drug-likeness (QED) is 0.0881. The molecular formula is C24H49NO5Si2. The van der Waals surface area contributed by atoms with Crippen LogP contribution in [0, 0.1) is 11.8 Å². The predicted molar refractivity (Wildman–Crippen MR) is 137 cm³/mol. The van der Waals surface area contributed by atoms with Crippen molar-refractivity contribution in [2.24, 2.45) is 17.0 Å². The maximum Gasteiger partial charge on any atom is 0.305 e. The van der Waals surface area contributed by atoms with E-state index in [0.717, 1.165) is 44.2 Å². The Morgan fingerprint density at radius 3 is 1.81 bits per heavy atom. The van der Waals surface area contributed by atoms with Gasteiger partial charge in [0.2, 0.25) is 0 Å². The average Bonchev–Trinajstić information content (AvgIpc) is 2.96. The molecule has 0 aromatic carbocycles. The minimum atomic E-state index is -1.73. The SMILES string of the molecule is CCCCC/C(CC[C@@H]1[C@@H](CCC(=O)OC)[C@@H](O[Si](C)(C)C)C[C@H]1O[Si](C)(C)C)=N/OC. The molecule has 0 heterocycles. The highest BCUT2D eigenvalue weighted by atomic mass is 28.4. The summed E-state index contributed by atoms with van der Waals surface area (Å²) in [4.78, 5) is 17.1. The number of hydrogen-bond donors (Lipinski definition) is 0. The van der Waals surface area contributed by atoms with Gasteiger partial charge in [0.05, 0.1) is 25.0 Å². The van der Waals surface area contributed by atoms with E-state index in [0.29, 0.717) is 18.3 Å². The van der Waals surface area contributed by atoms with Crippen molar-refractivity contribution >= 4 is 28.3 Å². The van der Waals surface area contributed by atoms with Gasteiger partial charge in [0.15, 0.2) is 16.6 Å². The van der Waals surface area contributed by atoms with Crippen LogP contribution in [-0.2, 0) is 23.2 Å². The van der Waals surface area contributed by atoms with Gasteiger partial charge < -0.3 is 18.4 Å². The van der Waals surface area contributed by atoms with Crippen molar-refractivity contribution in [2.45, 2.75) is 116 Å². The van der Waals surface area contributed by atoms with Crippen LogP contribution in [0.5, 0.6) is 0 Å². The second kappa shape index (κ2) is 13.9. The van der Waals surface area contributed by atoms with Gasteiger partial charge in [0.1, 0.15) is 7.11 Å². The Balaban J connectivity index is 3.07. The Hall–Kier alpha value is -0.706. The Morgan fingerprint density at radius 2 is 1.38 bits per heavy atom. The molecule has 4 atom stereocenters. The summed E-state index contributed by atoms with van der Waals surface area (Å²) in [6, 6.07) is 0. The van der Waals surface area contributed by atoms with Gasteiger partial charge in [-0.2, -0.15) is 0 Å². The molecule has 1 fully saturated rings. The van der Waals surface area contributed by atoms with E-state index in [-0.39, 0.29) is 18.2 Å². The summed E-state index contributed by atoms with van der Waals surface area (Å²) < 4.78 is 18.3. The van der Waals surface area contributed by atoms with Gasteiger partial charge in [-0.05, 0) is 89.6 Å². The van der Waals surface area contributed by atoms with Crippen LogP contribution in [0.1, 0.15) is 64.7 Å². The molecule has 0 radical (unpaired) electrons. The molecule has 0 N–H and O–H groups in total. The van der Waals surface area contributed by atoms with Crippen molar-refractivity contribution in [3.8, 4) is 0 Å². The van der Waals surface area contributed by atoms with E-state index in [4.69, 9.17) is 18.4 Å². The van der Waals surface area contributed by atoms with Crippen molar-refractivity contribution in [3.63, 3.8) is 0 Å². The van der Waals surface area contributed by atoms with E-state index in [9.17, 15) is 4.79 Å². The van der Waals surface area contributed by atoms with E-state index in [1.807, 2.05) is 0 Å². The van der Waals surface area contributed by atoms with Gasteiger partial charge >= 0.3 is 5.97 Å². The summed E-state index contributed by atoms with van der Waals surface area (Å²) in [6.07, 6.45) is 8.86. The summed E-state index contributed by atoms with van der Waals surface area (Å²) in [5.41, 5.74) is 1.13. The van der Waals surface area contributed by atoms with Crippen LogP contribution in [0.25, 0.3) is 0 Å². The zero-order chi connectivity index (χ0) is 24.4. The van der Waals surface area contributed by atoms with Gasteiger partial charge in [-0.3, -0.25) is 4.79 Å². The zero-order valence-electron chi connectivity index (χ0n) is 22.2. The minimum Gasteiger partial charge on any atom is -0.469 e. The molecule has 1 rings (SSSR count). The summed E-state index contributed by atoms with van der Waals surface area (Å²) in [7, 11) is -0.359. The molecule has 8 heteroatoms. The average molecular weight is 488 g/mol. The Labute approximate surface area is 199 Å². The molecule has 0 saturated heterocycles. The first-order valence-corrected chi connectivity index (χ1v) is 19.2. The molecule has 0 spiro atoms. The first-order valence-electron chi connectivity index (χ1n) is 12.4. The number of rotatable bonds is 15. The fraction of sp³-hybridized carbons (Fsp3) is 0.917. The number of oxime groups is 1. The Bertz CT molecular complexity index is 586. The van der Waals surface area contributed by atoms with Crippen LogP contribution in [0.4, 0.5) is 0 Å². The van der Waals surface area contributed by atoms with Crippen LogP contribution >= 0.6 is 0 Å². The molecule has 1 saturated carbocycles. The van der Waals surface area contributed by atoms with Gasteiger partial charge in [-0.15, -0.1) is 0 Å². The van der Waals surface area contributed by atoms with Crippen LogP contribution in [0.2, 0.25) is 39.3 Å². The monoisotopic (exact) mass is 487 g/mol. The molecule has 0 aromatic heterocycles. The van der Waals surface area contributed by atoms with Gasteiger partial charge in [-0.1, -0.05) is 24.9 Å². The summed E-state index contributed by atoms with van der Waals surface area (Å²) >= 11 is 0. The lowest BCUT2D eigenvalue weighted by molar-refractivity contribution is -0.141. The highest BCUT2D eigenvalue weighted by Gasteiger charge is 2.46. The maximum atomic E-state index is 12.0. The predicted octanol–water partition coefficient (Wildman–Crippen LogP) is 6.38. The van der Waals surface area contributed by atoms with Crippen LogP contribution in [-0.4, -0.2) is 54.7 Å². The lowest BCUT2D eigenvalue weighted by Gasteiger charge is -2.31. The number of esters is 1. The second-order valence-corrected chi connectivity index (χ2v) is 20.0. The lowest BCUT2D eigenvalue weighted by atomic mass is 9.85. The molecular weight excluding hydrogens is 438 g/mol. The van der Waals surface area contributed by atoms with Crippen molar-refractivity contribution < 1.29 is 23.2 Å². The third kappa shape index (κ3) is 11.4. The highest BCUT2D eigenvalue weighted by molar-refractivity contribution is 6.70. The zero-order valence-corrected chi connectivity index (χ0v) is 24.2. The molecule has 0 amide bonds. The van der Waals surface area contributed by atoms with E-state index in [1.54, 1.807) is 7.11 Å². The summed E-state index contributed by atoms with van der Waals surface area (Å²) in [6.45, 7) is 15.7. The number of carbonyl (C=O) groups excluding carboxylic acids is 1. The molecule has 188 valence electrons. The largest absolute Gasteiger partial charge is 0.469 e. The Morgan fingerprint density at radius 1 is 0.844 bits per heavy atom. The maximum absolute atomic E-state index is 12.0. The van der Waals surface area contributed by atoms with Gasteiger partial charge in [0.25, 0.3) is 0 Å². The molecule has 1 aliphatic carbocycles. The van der Waals surface area contributed by atoms with Crippen molar-refractivity contribution in [3.05, 3.63) is 0 Å². The van der Waals surface area contributed by atoms with Gasteiger partial charge in [0, 0.05) is 6.42 Å². The molecule has 1 aliphatic rings. The van der Waals surface area contributed by atoms with Crippen LogP contribution in [0.3, 0.4) is 0 Å². The standard InChI is InChI=1S/C24H49NO5Si2/c1-10-11-12-13-19(25-28-3)14-15-20-21(16-17-24(26)27-2)23(30-32(7,8)9)18-22(20)29-31(4,5)6/h20-23H,10-18H2,1-9H3/b25-19-/t20-,21-,22-,23+/m1/s1. The molecule has 0 unspecified atom stereocenters. The second-order valence-electron chi connectivity index (χ2n) is 11.1. The van der Waals surface area contributed by atoms with Crippen molar-refractivity contribution in [1.29, 1.82) is 0 Å². The minimum absolute atomic E-state index is 0.139. The molecule has 32 heavy (non-hydrogen) atoms. The van der Waals surface area contributed by atoms with E-state index in [1.165, 1.54) is 20.0 Å². The number of methoxy groups -OCH3 is 1. The highest BCUT2D eigenvalue weighted by Crippen LogP contribution is 2.44. The first kappa shape index (κ1) is 29.3. The number of hydrogen-bond acceptors (Lipinski definition) is 6. The van der Waals surface area contributed by atoms with Crippen molar-refractivity contribution in [2.75, 3.05) is 14.2 Å². The fourth-order valence-electron chi connectivity index (χ4n) is 4.75. The molecule has 0 bridgehead atoms. The van der Waals surface area contributed by atoms with E-state index >= 15 is 0 Å². The molecule has 0 aromatic rings. The van der Waals surface area contributed by atoms with Crippen LogP contribution in [0.15, 0.2) is 5.16 Å². The Kier molecular flexibility index (Phi) is 12.7.